The van der Waals surface area contributed by atoms with Crippen molar-refractivity contribution in [2.45, 2.75) is 38.5 Å². The average molecular weight is 353 g/mol. The van der Waals surface area contributed by atoms with E-state index in [0.717, 1.165) is 0 Å². The second kappa shape index (κ2) is 6.96. The van der Waals surface area contributed by atoms with Crippen LogP contribution in [0.5, 0.6) is 0 Å². The van der Waals surface area contributed by atoms with Gasteiger partial charge >= 0.3 is 0 Å². The highest BCUT2D eigenvalue weighted by molar-refractivity contribution is 7.89. The predicted molar refractivity (Wildman–Crippen MR) is 85.3 cm³/mol. The summed E-state index contributed by atoms with van der Waals surface area (Å²) in [5, 5.41) is 7.88. The van der Waals surface area contributed by atoms with E-state index in [2.05, 4.69) is 5.32 Å². The van der Waals surface area contributed by atoms with E-state index >= 15 is 0 Å². The Hall–Kier alpha value is -0.820. The third kappa shape index (κ3) is 4.10. The zero-order valence-electron chi connectivity index (χ0n) is 12.0. The second-order valence-corrected chi connectivity index (χ2v) is 7.03. The summed E-state index contributed by atoms with van der Waals surface area (Å²) in [5.74, 6) is -0.359. The van der Waals surface area contributed by atoms with Crippen molar-refractivity contribution < 1.29 is 13.2 Å². The molecule has 1 aromatic carbocycles. The first-order valence-electron chi connectivity index (χ1n) is 6.45. The van der Waals surface area contributed by atoms with Gasteiger partial charge in [-0.15, -0.1) is 0 Å². The summed E-state index contributed by atoms with van der Waals surface area (Å²) < 4.78 is 22.9. The Morgan fingerprint density at radius 2 is 1.86 bits per heavy atom. The van der Waals surface area contributed by atoms with Gasteiger partial charge in [0.1, 0.15) is 0 Å². The number of carbonyl (C=O) groups is 1. The largest absolute Gasteiger partial charge is 0.323 e. The Morgan fingerprint density at radius 3 is 2.29 bits per heavy atom. The van der Waals surface area contributed by atoms with Crippen molar-refractivity contribution in [2.75, 3.05) is 5.32 Å². The van der Waals surface area contributed by atoms with Crippen LogP contribution < -0.4 is 10.5 Å². The molecule has 0 unspecified atom stereocenters. The van der Waals surface area contributed by atoms with Crippen LogP contribution in [-0.4, -0.2) is 14.3 Å². The summed E-state index contributed by atoms with van der Waals surface area (Å²) in [6, 6.07) is 1.20. The Labute approximate surface area is 134 Å². The number of nitrogens with one attached hydrogen (secondary N) is 1. The molecule has 1 amide bonds. The standard InChI is InChI=1S/C13H18Cl2N2O3S/c1-4-8(5-2)13(18)17-12-9(14)6-10(21(16,19)20)7(3)11(12)15/h6,8H,4-5H2,1-3H3,(H,17,18)(H2,16,19,20). The fourth-order valence-corrected chi connectivity index (χ4v) is 3.47. The lowest BCUT2D eigenvalue weighted by molar-refractivity contribution is -0.120. The van der Waals surface area contributed by atoms with E-state index in [4.69, 9.17) is 28.3 Å². The molecule has 118 valence electrons. The highest BCUT2D eigenvalue weighted by Gasteiger charge is 2.22. The summed E-state index contributed by atoms with van der Waals surface area (Å²) >= 11 is 12.2. The molecule has 1 aromatic rings. The van der Waals surface area contributed by atoms with Gasteiger partial charge in [0.25, 0.3) is 0 Å². The number of amides is 1. The molecular weight excluding hydrogens is 335 g/mol. The molecule has 0 atom stereocenters. The zero-order chi connectivity index (χ0) is 16.4. The lowest BCUT2D eigenvalue weighted by Crippen LogP contribution is -2.22. The van der Waals surface area contributed by atoms with Gasteiger partial charge in [-0.3, -0.25) is 4.79 Å². The summed E-state index contributed by atoms with van der Waals surface area (Å²) in [4.78, 5) is 11.9. The number of sulfonamides is 1. The molecule has 0 aromatic heterocycles. The van der Waals surface area contributed by atoms with Crippen LogP contribution in [0.25, 0.3) is 0 Å². The fraction of sp³-hybridized carbons (Fsp3) is 0.462. The molecule has 0 bridgehead atoms. The van der Waals surface area contributed by atoms with E-state index in [-0.39, 0.29) is 38.0 Å². The molecule has 0 saturated heterocycles. The summed E-state index contributed by atoms with van der Waals surface area (Å²) in [5.41, 5.74) is 0.462. The van der Waals surface area contributed by atoms with Crippen molar-refractivity contribution in [1.82, 2.24) is 0 Å². The molecule has 3 N–H and O–H groups in total. The maximum absolute atomic E-state index is 12.1. The smallest absolute Gasteiger partial charge is 0.238 e. The highest BCUT2D eigenvalue weighted by Crippen LogP contribution is 2.37. The first kappa shape index (κ1) is 18.2. The number of benzene rings is 1. The highest BCUT2D eigenvalue weighted by atomic mass is 35.5. The van der Waals surface area contributed by atoms with Crippen molar-refractivity contribution in [1.29, 1.82) is 0 Å². The van der Waals surface area contributed by atoms with Gasteiger partial charge < -0.3 is 5.32 Å². The van der Waals surface area contributed by atoms with Gasteiger partial charge in [0, 0.05) is 5.92 Å². The van der Waals surface area contributed by atoms with Crippen LogP contribution >= 0.6 is 23.2 Å². The molecule has 0 heterocycles. The Bertz CT molecular complexity index is 656. The molecule has 0 spiro atoms. The Balaban J connectivity index is 3.29. The van der Waals surface area contributed by atoms with Crippen molar-refractivity contribution in [3.63, 3.8) is 0 Å². The van der Waals surface area contributed by atoms with Gasteiger partial charge in [-0.1, -0.05) is 37.0 Å². The van der Waals surface area contributed by atoms with Crippen molar-refractivity contribution in [3.8, 4) is 0 Å². The van der Waals surface area contributed by atoms with E-state index in [9.17, 15) is 13.2 Å². The molecule has 1 rings (SSSR count). The number of anilines is 1. The minimum absolute atomic E-state index is 0.0360. The third-order valence-corrected chi connectivity index (χ3v) is 5.13. The Morgan fingerprint density at radius 1 is 1.33 bits per heavy atom. The molecule has 0 saturated carbocycles. The minimum atomic E-state index is -3.93. The summed E-state index contributed by atoms with van der Waals surface area (Å²) in [6.45, 7) is 5.32. The van der Waals surface area contributed by atoms with E-state index in [0.29, 0.717) is 12.8 Å². The molecule has 8 heteroatoms. The minimum Gasteiger partial charge on any atom is -0.323 e. The molecule has 5 nitrogen and oxygen atoms in total. The number of primary sulfonamides is 1. The van der Waals surface area contributed by atoms with Crippen LogP contribution in [0.15, 0.2) is 11.0 Å². The topological polar surface area (TPSA) is 89.3 Å². The molecule has 0 aliphatic heterocycles. The van der Waals surface area contributed by atoms with E-state index < -0.39 is 10.0 Å². The quantitative estimate of drug-likeness (QED) is 0.851. The maximum atomic E-state index is 12.1. The molecule has 0 aliphatic rings. The molecule has 0 radical (unpaired) electrons. The lowest BCUT2D eigenvalue weighted by atomic mass is 10.0. The summed E-state index contributed by atoms with van der Waals surface area (Å²) in [7, 11) is -3.93. The van der Waals surface area contributed by atoms with Crippen LogP contribution in [0.2, 0.25) is 10.0 Å². The SMILES string of the molecule is CCC(CC)C(=O)Nc1c(Cl)cc(S(N)(=O)=O)c(C)c1Cl. The van der Waals surface area contributed by atoms with Crippen LogP contribution in [0.3, 0.4) is 0 Å². The third-order valence-electron chi connectivity index (χ3n) is 3.33. The number of halogens is 2. The van der Waals surface area contributed by atoms with Gasteiger partial charge in [0.15, 0.2) is 0 Å². The summed E-state index contributed by atoms with van der Waals surface area (Å²) in [6.07, 6.45) is 1.37. The zero-order valence-corrected chi connectivity index (χ0v) is 14.4. The van der Waals surface area contributed by atoms with Gasteiger partial charge in [0.05, 0.1) is 20.6 Å². The molecule has 0 fully saturated rings. The van der Waals surface area contributed by atoms with Crippen LogP contribution in [0.4, 0.5) is 5.69 Å². The first-order chi connectivity index (χ1) is 9.63. The van der Waals surface area contributed by atoms with E-state index in [1.807, 2.05) is 13.8 Å². The number of nitrogens with two attached hydrogens (primary N) is 1. The monoisotopic (exact) mass is 352 g/mol. The number of hydrogen-bond donors (Lipinski definition) is 2. The lowest BCUT2D eigenvalue weighted by Gasteiger charge is -2.17. The van der Waals surface area contributed by atoms with Crippen molar-refractivity contribution >= 4 is 44.8 Å². The predicted octanol–water partition coefficient (Wildman–Crippen LogP) is 3.32. The van der Waals surface area contributed by atoms with Crippen molar-refractivity contribution in [2.24, 2.45) is 11.1 Å². The van der Waals surface area contributed by atoms with Crippen LogP contribution in [0, 0.1) is 12.8 Å². The van der Waals surface area contributed by atoms with Gasteiger partial charge in [0.2, 0.25) is 15.9 Å². The van der Waals surface area contributed by atoms with Crippen LogP contribution in [0.1, 0.15) is 32.3 Å². The van der Waals surface area contributed by atoms with Gasteiger partial charge in [-0.2, -0.15) is 0 Å². The average Bonchev–Trinajstić information content (AvgIpc) is 2.39. The maximum Gasteiger partial charge on any atom is 0.238 e. The van der Waals surface area contributed by atoms with Gasteiger partial charge in [-0.25, -0.2) is 13.6 Å². The molecular formula is C13H18Cl2N2O3S. The number of rotatable bonds is 5. The Kier molecular flexibility index (Phi) is 6.04. The second-order valence-electron chi connectivity index (χ2n) is 4.72. The number of hydrogen-bond acceptors (Lipinski definition) is 3. The first-order valence-corrected chi connectivity index (χ1v) is 8.75. The van der Waals surface area contributed by atoms with Gasteiger partial charge in [-0.05, 0) is 31.4 Å². The molecule has 21 heavy (non-hydrogen) atoms. The van der Waals surface area contributed by atoms with Crippen LogP contribution in [-0.2, 0) is 14.8 Å². The number of carbonyl (C=O) groups excluding carboxylic acids is 1. The van der Waals surface area contributed by atoms with E-state index in [1.165, 1.54) is 13.0 Å². The molecule has 0 aliphatic carbocycles. The van der Waals surface area contributed by atoms with E-state index in [1.54, 1.807) is 0 Å². The normalized spacial score (nSPS) is 11.8. The van der Waals surface area contributed by atoms with Crippen molar-refractivity contribution in [3.05, 3.63) is 21.7 Å². The fourth-order valence-electron chi connectivity index (χ4n) is 1.99.